The number of pyridine rings is 1. The maximum absolute atomic E-state index is 13.8. The van der Waals surface area contributed by atoms with Crippen LogP contribution < -0.4 is 4.74 Å². The lowest BCUT2D eigenvalue weighted by Gasteiger charge is -2.23. The Morgan fingerprint density at radius 3 is 2.39 bits per heavy atom. The molecule has 5 rings (SSSR count). The number of aliphatic hydroxyl groups is 1. The highest BCUT2D eigenvalue weighted by molar-refractivity contribution is 5.98. The van der Waals surface area contributed by atoms with E-state index in [9.17, 15) is 18.7 Å². The van der Waals surface area contributed by atoms with Crippen LogP contribution >= 0.6 is 0 Å². The molecular formula is C33H40F2N2O4. The molecule has 4 aromatic rings. The van der Waals surface area contributed by atoms with Gasteiger partial charge in [-0.3, -0.25) is 4.79 Å². The first-order valence-electron chi connectivity index (χ1n) is 14.0. The number of carbonyl (C=O) groups is 1. The molecule has 6 nitrogen and oxygen atoms in total. The quantitative estimate of drug-likeness (QED) is 0.263. The number of aryl methyl sites for hydroxylation is 1. The molecule has 2 N–H and O–H groups in total. The second kappa shape index (κ2) is 13.3. The summed E-state index contributed by atoms with van der Waals surface area (Å²) in [5.41, 5.74) is 6.10. The minimum absolute atomic E-state index is 0.147. The smallest absolute Gasteiger partial charge is 0.307 e. The molecule has 220 valence electrons. The first-order valence-corrected chi connectivity index (χ1v) is 14.0. The van der Waals surface area contributed by atoms with Gasteiger partial charge < -0.3 is 19.5 Å². The van der Waals surface area contributed by atoms with Crippen molar-refractivity contribution in [2.75, 3.05) is 6.61 Å². The number of benzene rings is 2. The van der Waals surface area contributed by atoms with Crippen LogP contribution in [-0.4, -0.2) is 37.9 Å². The molecule has 0 saturated heterocycles. The van der Waals surface area contributed by atoms with Crippen molar-refractivity contribution in [2.45, 2.75) is 79.9 Å². The Balaban J connectivity index is 0.000000598. The van der Waals surface area contributed by atoms with Crippen LogP contribution in [0.1, 0.15) is 69.0 Å². The molecular weight excluding hydrogens is 526 g/mol. The summed E-state index contributed by atoms with van der Waals surface area (Å²) in [6, 6.07) is 9.71. The number of ether oxygens (including phenoxy) is 1. The minimum atomic E-state index is -0.925. The molecule has 1 aliphatic heterocycles. The molecule has 2 aromatic carbocycles. The normalized spacial score (nSPS) is 12.4. The molecule has 0 amide bonds. The molecule has 2 aromatic heterocycles. The summed E-state index contributed by atoms with van der Waals surface area (Å²) in [6.45, 7) is 14.1. The number of hydrogen-bond donors (Lipinski definition) is 2. The predicted molar refractivity (Wildman–Crippen MR) is 159 cm³/mol. The number of fused-ring (bicyclic) bond motifs is 2. The Morgan fingerprint density at radius 2 is 1.76 bits per heavy atom. The van der Waals surface area contributed by atoms with E-state index in [0.29, 0.717) is 35.6 Å². The van der Waals surface area contributed by atoms with Crippen LogP contribution in [0.2, 0.25) is 0 Å². The molecule has 1 aliphatic rings. The van der Waals surface area contributed by atoms with E-state index in [4.69, 9.17) is 14.8 Å². The van der Waals surface area contributed by atoms with Gasteiger partial charge in [0.2, 0.25) is 0 Å². The lowest BCUT2D eigenvalue weighted by Crippen LogP contribution is -2.11. The molecule has 41 heavy (non-hydrogen) atoms. The highest BCUT2D eigenvalue weighted by Gasteiger charge is 2.23. The highest BCUT2D eigenvalue weighted by atomic mass is 19.2. The van der Waals surface area contributed by atoms with Gasteiger partial charge in [0.05, 0.1) is 18.6 Å². The van der Waals surface area contributed by atoms with Gasteiger partial charge in [-0.2, -0.15) is 0 Å². The van der Waals surface area contributed by atoms with Gasteiger partial charge in [0, 0.05) is 23.8 Å². The summed E-state index contributed by atoms with van der Waals surface area (Å²) >= 11 is 0. The fourth-order valence-corrected chi connectivity index (χ4v) is 4.87. The van der Waals surface area contributed by atoms with Gasteiger partial charge in [0.25, 0.3) is 0 Å². The van der Waals surface area contributed by atoms with Gasteiger partial charge in [0.15, 0.2) is 11.6 Å². The number of nitrogens with zero attached hydrogens (tertiary/aromatic N) is 2. The number of carboxylic acids is 1. The molecule has 0 spiro atoms. The zero-order valence-electron chi connectivity index (χ0n) is 24.9. The van der Waals surface area contributed by atoms with Crippen LogP contribution in [0.25, 0.3) is 22.2 Å². The van der Waals surface area contributed by atoms with Crippen molar-refractivity contribution < 1.29 is 28.5 Å². The van der Waals surface area contributed by atoms with Crippen molar-refractivity contribution in [2.24, 2.45) is 0 Å². The van der Waals surface area contributed by atoms with Crippen molar-refractivity contribution in [1.29, 1.82) is 0 Å². The standard InChI is InChI=1S/C27H24F2N2O3.C4H10O.C2H6/c1-15-18-4-3-11-34-24(18)8-6-19(15)26-20-9-10-31(14-17-5-7-22(28)23(29)12-17)27(20)30-16(2)21(26)13-25(32)33;1-4(2,3)5;1-2/h5-10,12H,3-4,11,13-14H2,1-2H3,(H,32,33);5H,1-3H3;1-2H3. The van der Waals surface area contributed by atoms with E-state index < -0.39 is 23.2 Å². The predicted octanol–water partition coefficient (Wildman–Crippen LogP) is 7.40. The first kappa shape index (κ1) is 31.7. The molecule has 0 unspecified atom stereocenters. The van der Waals surface area contributed by atoms with Crippen molar-refractivity contribution in [1.82, 2.24) is 9.55 Å². The fraction of sp³-hybridized carbons (Fsp3) is 0.394. The monoisotopic (exact) mass is 566 g/mol. The van der Waals surface area contributed by atoms with E-state index in [0.717, 1.165) is 52.3 Å². The molecule has 0 saturated carbocycles. The molecule has 0 fully saturated rings. The van der Waals surface area contributed by atoms with Crippen LogP contribution in [0.3, 0.4) is 0 Å². The minimum Gasteiger partial charge on any atom is -0.493 e. The average molecular weight is 567 g/mol. The lowest BCUT2D eigenvalue weighted by molar-refractivity contribution is -0.136. The van der Waals surface area contributed by atoms with E-state index in [1.807, 2.05) is 56.7 Å². The second-order valence-electron chi connectivity index (χ2n) is 10.9. The lowest BCUT2D eigenvalue weighted by atomic mass is 9.88. The summed E-state index contributed by atoms with van der Waals surface area (Å²) in [6.07, 6.45) is 3.55. The van der Waals surface area contributed by atoms with E-state index in [1.54, 1.807) is 26.8 Å². The Morgan fingerprint density at radius 1 is 1.07 bits per heavy atom. The van der Waals surface area contributed by atoms with Crippen molar-refractivity contribution in [3.63, 3.8) is 0 Å². The summed E-state index contributed by atoms with van der Waals surface area (Å²) in [4.78, 5) is 16.5. The maximum Gasteiger partial charge on any atom is 0.307 e. The molecule has 0 bridgehead atoms. The Labute approximate surface area is 240 Å². The summed E-state index contributed by atoms with van der Waals surface area (Å²) in [7, 11) is 0. The molecule has 8 heteroatoms. The van der Waals surface area contributed by atoms with Gasteiger partial charge in [-0.05, 0) is 105 Å². The third-order valence-corrected chi connectivity index (χ3v) is 6.53. The number of halogens is 2. The van der Waals surface area contributed by atoms with Crippen LogP contribution in [0, 0.1) is 25.5 Å². The van der Waals surface area contributed by atoms with Gasteiger partial charge in [-0.15, -0.1) is 0 Å². The summed E-state index contributed by atoms with van der Waals surface area (Å²) in [5.74, 6) is -1.83. The SMILES string of the molecule is CC.CC(C)(C)O.Cc1nc2c(ccn2Cc2ccc(F)c(F)c2)c(-c2ccc3c(c2C)CCCO3)c1CC(=O)O. The van der Waals surface area contributed by atoms with Gasteiger partial charge >= 0.3 is 5.97 Å². The van der Waals surface area contributed by atoms with Crippen LogP contribution in [0.5, 0.6) is 5.75 Å². The summed E-state index contributed by atoms with van der Waals surface area (Å²) in [5, 5.41) is 19.0. The first-order chi connectivity index (χ1) is 19.3. The number of rotatable bonds is 5. The second-order valence-corrected chi connectivity index (χ2v) is 10.9. The zero-order chi connectivity index (χ0) is 30.5. The fourth-order valence-electron chi connectivity index (χ4n) is 4.87. The van der Waals surface area contributed by atoms with Crippen LogP contribution in [0.4, 0.5) is 8.78 Å². The van der Waals surface area contributed by atoms with Crippen LogP contribution in [-0.2, 0) is 24.2 Å². The molecule has 0 atom stereocenters. The molecule has 3 heterocycles. The number of aliphatic carboxylic acids is 1. The highest BCUT2D eigenvalue weighted by Crippen LogP contribution is 2.40. The summed E-state index contributed by atoms with van der Waals surface area (Å²) < 4.78 is 34.8. The maximum atomic E-state index is 13.8. The topological polar surface area (TPSA) is 84.6 Å². The number of carboxylic acid groups (broad SMARTS) is 1. The van der Waals surface area contributed by atoms with Crippen molar-refractivity contribution >= 4 is 17.0 Å². The van der Waals surface area contributed by atoms with Gasteiger partial charge in [0.1, 0.15) is 11.4 Å². The van der Waals surface area contributed by atoms with Gasteiger partial charge in [-0.1, -0.05) is 26.0 Å². The number of aromatic nitrogens is 2. The van der Waals surface area contributed by atoms with E-state index >= 15 is 0 Å². The van der Waals surface area contributed by atoms with E-state index in [1.165, 1.54) is 6.07 Å². The Hall–Kier alpha value is -3.78. The average Bonchev–Trinajstić information content (AvgIpc) is 3.29. The number of hydrogen-bond acceptors (Lipinski definition) is 4. The van der Waals surface area contributed by atoms with Crippen molar-refractivity contribution in [3.8, 4) is 16.9 Å². The van der Waals surface area contributed by atoms with Crippen molar-refractivity contribution in [3.05, 3.63) is 82.2 Å². The van der Waals surface area contributed by atoms with E-state index in [2.05, 4.69) is 0 Å². The Bertz CT molecular complexity index is 1530. The Kier molecular flexibility index (Phi) is 10.3. The molecule has 0 aliphatic carbocycles. The van der Waals surface area contributed by atoms with Crippen LogP contribution in [0.15, 0.2) is 42.6 Å². The third-order valence-electron chi connectivity index (χ3n) is 6.53. The zero-order valence-corrected chi connectivity index (χ0v) is 24.9. The third kappa shape index (κ3) is 7.70. The van der Waals surface area contributed by atoms with E-state index in [-0.39, 0.29) is 6.42 Å². The molecule has 0 radical (unpaired) electrons. The van der Waals surface area contributed by atoms with Gasteiger partial charge in [-0.25, -0.2) is 13.8 Å². The largest absolute Gasteiger partial charge is 0.493 e.